The van der Waals surface area contributed by atoms with Gasteiger partial charge in [0.1, 0.15) is 41.3 Å². The Balaban J connectivity index is 1.57. The van der Waals surface area contributed by atoms with Crippen molar-refractivity contribution in [3.8, 4) is 17.2 Å². The summed E-state index contributed by atoms with van der Waals surface area (Å²) < 4.78 is 16.2. The van der Waals surface area contributed by atoms with Gasteiger partial charge >= 0.3 is 0 Å². The van der Waals surface area contributed by atoms with E-state index in [-0.39, 0.29) is 0 Å². The van der Waals surface area contributed by atoms with Crippen LogP contribution in [0.15, 0.2) is 54.6 Å². The molecule has 0 unspecified atom stereocenters. The number of benzene rings is 2. The van der Waals surface area contributed by atoms with Crippen LogP contribution in [0.3, 0.4) is 0 Å². The molecule has 0 aliphatic rings. The number of hydrogen-bond donors (Lipinski definition) is 2. The molecular formula is C21H24N4O3. The van der Waals surface area contributed by atoms with Crippen molar-refractivity contribution in [3.05, 3.63) is 60.4 Å². The van der Waals surface area contributed by atoms with Gasteiger partial charge in [0, 0.05) is 6.07 Å². The first-order valence-corrected chi connectivity index (χ1v) is 8.94. The largest absolute Gasteiger partial charge is 0.497 e. The van der Waals surface area contributed by atoms with Gasteiger partial charge in [-0.25, -0.2) is 9.97 Å². The molecule has 0 fully saturated rings. The van der Waals surface area contributed by atoms with Gasteiger partial charge in [0.2, 0.25) is 0 Å². The van der Waals surface area contributed by atoms with E-state index in [1.54, 1.807) is 14.2 Å². The van der Waals surface area contributed by atoms with Crippen molar-refractivity contribution < 1.29 is 14.2 Å². The normalized spacial score (nSPS) is 10.2. The van der Waals surface area contributed by atoms with E-state index >= 15 is 0 Å². The molecule has 3 aromatic rings. The summed E-state index contributed by atoms with van der Waals surface area (Å²) in [7, 11) is 3.28. The topological polar surface area (TPSA) is 77.5 Å². The molecule has 3 rings (SSSR count). The Morgan fingerprint density at radius 3 is 2.32 bits per heavy atom. The average Bonchev–Trinajstić information content (AvgIpc) is 2.72. The van der Waals surface area contributed by atoms with Crippen LogP contribution in [0.25, 0.3) is 0 Å². The van der Waals surface area contributed by atoms with E-state index in [9.17, 15) is 0 Å². The third-order valence-corrected chi connectivity index (χ3v) is 3.94. The number of nitrogens with one attached hydrogen (secondary N) is 2. The SMILES string of the molecule is COc1ccc(OCCNc2cc(Nc3ccccc3OC)nc(C)n2)cc1. The second kappa shape index (κ2) is 9.45. The van der Waals surface area contributed by atoms with Crippen LogP contribution >= 0.6 is 0 Å². The van der Waals surface area contributed by atoms with Gasteiger partial charge in [0.15, 0.2) is 0 Å². The van der Waals surface area contributed by atoms with E-state index in [4.69, 9.17) is 14.2 Å². The number of rotatable bonds is 9. The van der Waals surface area contributed by atoms with Crippen LogP contribution in [0.5, 0.6) is 17.2 Å². The molecule has 7 nitrogen and oxygen atoms in total. The molecule has 1 heterocycles. The number of methoxy groups -OCH3 is 2. The van der Waals surface area contributed by atoms with Crippen LogP contribution in [0.2, 0.25) is 0 Å². The molecule has 7 heteroatoms. The number of nitrogens with zero attached hydrogens (tertiary/aromatic N) is 2. The molecule has 0 aliphatic heterocycles. The molecule has 0 amide bonds. The number of hydrogen-bond acceptors (Lipinski definition) is 7. The molecule has 0 atom stereocenters. The maximum absolute atomic E-state index is 5.72. The zero-order valence-electron chi connectivity index (χ0n) is 16.2. The predicted octanol–water partition coefficient (Wildman–Crippen LogP) is 4.04. The Labute approximate surface area is 164 Å². The van der Waals surface area contributed by atoms with E-state index < -0.39 is 0 Å². The number of aromatic nitrogens is 2. The van der Waals surface area contributed by atoms with Crippen molar-refractivity contribution in [2.45, 2.75) is 6.92 Å². The first kappa shape index (κ1) is 19.3. The van der Waals surface area contributed by atoms with Crippen LogP contribution in [-0.2, 0) is 0 Å². The quantitative estimate of drug-likeness (QED) is 0.543. The van der Waals surface area contributed by atoms with Gasteiger partial charge in [-0.1, -0.05) is 12.1 Å². The van der Waals surface area contributed by atoms with Gasteiger partial charge in [-0.2, -0.15) is 0 Å². The first-order valence-electron chi connectivity index (χ1n) is 8.94. The lowest BCUT2D eigenvalue weighted by molar-refractivity contribution is 0.331. The molecule has 0 saturated heterocycles. The molecule has 1 aromatic heterocycles. The highest BCUT2D eigenvalue weighted by Gasteiger charge is 2.06. The molecule has 0 bridgehead atoms. The van der Waals surface area contributed by atoms with E-state index in [1.807, 2.05) is 61.5 Å². The number of anilines is 3. The molecule has 0 aliphatic carbocycles. The van der Waals surface area contributed by atoms with Gasteiger partial charge in [0.05, 0.1) is 26.5 Å². The fourth-order valence-corrected chi connectivity index (χ4v) is 2.63. The van der Waals surface area contributed by atoms with Crippen LogP contribution in [-0.4, -0.2) is 37.3 Å². The molecule has 2 N–H and O–H groups in total. The summed E-state index contributed by atoms with van der Waals surface area (Å²) in [6, 6.07) is 17.0. The van der Waals surface area contributed by atoms with Gasteiger partial charge < -0.3 is 24.8 Å². The minimum Gasteiger partial charge on any atom is -0.497 e. The van der Waals surface area contributed by atoms with Crippen LogP contribution in [0.1, 0.15) is 5.82 Å². The third kappa shape index (κ3) is 5.26. The standard InChI is InChI=1S/C21H24N4O3/c1-15-23-20(22-12-13-28-17-10-8-16(26-2)9-11-17)14-21(24-15)25-18-6-4-5-7-19(18)27-3/h4-11,14H,12-13H2,1-3H3,(H2,22,23,24,25). The second-order valence-electron chi connectivity index (χ2n) is 5.96. The monoisotopic (exact) mass is 380 g/mol. The summed E-state index contributed by atoms with van der Waals surface area (Å²) in [5.74, 6) is 4.43. The summed E-state index contributed by atoms with van der Waals surface area (Å²) in [4.78, 5) is 8.86. The van der Waals surface area contributed by atoms with Crippen molar-refractivity contribution in [3.63, 3.8) is 0 Å². The van der Waals surface area contributed by atoms with Crippen molar-refractivity contribution in [1.82, 2.24) is 9.97 Å². The smallest absolute Gasteiger partial charge is 0.142 e. The highest BCUT2D eigenvalue weighted by Crippen LogP contribution is 2.26. The van der Waals surface area contributed by atoms with Gasteiger partial charge in [-0.3, -0.25) is 0 Å². The fraction of sp³-hybridized carbons (Fsp3) is 0.238. The maximum atomic E-state index is 5.72. The van der Waals surface area contributed by atoms with Gasteiger partial charge in [-0.05, 0) is 43.3 Å². The lowest BCUT2D eigenvalue weighted by atomic mass is 10.3. The predicted molar refractivity (Wildman–Crippen MR) is 110 cm³/mol. The zero-order chi connectivity index (χ0) is 19.8. The molecule has 0 saturated carbocycles. The van der Waals surface area contributed by atoms with Crippen LogP contribution < -0.4 is 24.8 Å². The average molecular weight is 380 g/mol. The minimum atomic E-state index is 0.505. The Kier molecular flexibility index (Phi) is 6.51. The summed E-state index contributed by atoms with van der Waals surface area (Å²) in [6.45, 7) is 2.97. The Morgan fingerprint density at radius 2 is 1.57 bits per heavy atom. The maximum Gasteiger partial charge on any atom is 0.142 e. The molecule has 146 valence electrons. The minimum absolute atomic E-state index is 0.505. The molecule has 28 heavy (non-hydrogen) atoms. The number of para-hydroxylation sites is 2. The lowest BCUT2D eigenvalue weighted by Crippen LogP contribution is -2.13. The van der Waals surface area contributed by atoms with Gasteiger partial charge in [0.25, 0.3) is 0 Å². The molecule has 0 spiro atoms. The van der Waals surface area contributed by atoms with Crippen molar-refractivity contribution >= 4 is 17.3 Å². The van der Waals surface area contributed by atoms with E-state index in [0.717, 1.165) is 28.8 Å². The fourth-order valence-electron chi connectivity index (χ4n) is 2.63. The van der Waals surface area contributed by atoms with Crippen molar-refractivity contribution in [2.24, 2.45) is 0 Å². The Morgan fingerprint density at radius 1 is 0.857 bits per heavy atom. The number of ether oxygens (including phenoxy) is 3. The van der Waals surface area contributed by atoms with Crippen molar-refractivity contribution in [1.29, 1.82) is 0 Å². The summed E-state index contributed by atoms with van der Waals surface area (Å²) in [5, 5.41) is 6.53. The first-order chi connectivity index (χ1) is 13.7. The summed E-state index contributed by atoms with van der Waals surface area (Å²) >= 11 is 0. The summed E-state index contributed by atoms with van der Waals surface area (Å²) in [6.07, 6.45) is 0. The summed E-state index contributed by atoms with van der Waals surface area (Å²) in [5.41, 5.74) is 0.844. The van der Waals surface area contributed by atoms with Crippen LogP contribution in [0, 0.1) is 6.92 Å². The third-order valence-electron chi connectivity index (χ3n) is 3.94. The zero-order valence-corrected chi connectivity index (χ0v) is 16.2. The molecular weight excluding hydrogens is 356 g/mol. The number of aryl methyl sites for hydroxylation is 1. The van der Waals surface area contributed by atoms with Crippen LogP contribution in [0.4, 0.5) is 17.3 Å². The van der Waals surface area contributed by atoms with E-state index in [0.29, 0.717) is 24.8 Å². The van der Waals surface area contributed by atoms with E-state index in [2.05, 4.69) is 20.6 Å². The lowest BCUT2D eigenvalue weighted by Gasteiger charge is -2.13. The highest BCUT2D eigenvalue weighted by atomic mass is 16.5. The van der Waals surface area contributed by atoms with E-state index in [1.165, 1.54) is 0 Å². The van der Waals surface area contributed by atoms with Gasteiger partial charge in [-0.15, -0.1) is 0 Å². The Hall–Kier alpha value is -3.48. The second-order valence-corrected chi connectivity index (χ2v) is 5.96. The Bertz CT molecular complexity index is 900. The van der Waals surface area contributed by atoms with Crippen molar-refractivity contribution in [2.75, 3.05) is 38.0 Å². The molecule has 2 aromatic carbocycles. The highest BCUT2D eigenvalue weighted by molar-refractivity contribution is 5.65. The molecule has 0 radical (unpaired) electrons.